The number of amides is 2. The second-order valence-electron chi connectivity index (χ2n) is 7.24. The van der Waals surface area contributed by atoms with Crippen molar-refractivity contribution in [2.24, 2.45) is 0 Å². The van der Waals surface area contributed by atoms with Crippen LogP contribution < -0.4 is 5.32 Å². The van der Waals surface area contributed by atoms with Gasteiger partial charge in [0.05, 0.1) is 29.4 Å². The Morgan fingerprint density at radius 2 is 1.68 bits per heavy atom. The number of nitrogens with zero attached hydrogens (tertiary/aromatic N) is 2. The van der Waals surface area contributed by atoms with Crippen molar-refractivity contribution in [3.8, 4) is 0 Å². The predicted octanol–water partition coefficient (Wildman–Crippen LogP) is 2.20. The second-order valence-corrected chi connectivity index (χ2v) is 9.29. The highest BCUT2D eigenvalue weighted by atomic mass is 32.2. The monoisotopic (exact) mass is 445 g/mol. The lowest BCUT2D eigenvalue weighted by molar-refractivity contribution is -0.116. The van der Waals surface area contributed by atoms with Crippen molar-refractivity contribution in [1.82, 2.24) is 9.21 Å². The molecule has 2 amide bonds. The third-order valence-corrected chi connectivity index (χ3v) is 6.93. The Kier molecular flexibility index (Phi) is 7.78. The number of morpholine rings is 1. The van der Waals surface area contributed by atoms with Crippen molar-refractivity contribution in [1.29, 1.82) is 0 Å². The first-order chi connectivity index (χ1) is 14.9. The van der Waals surface area contributed by atoms with Crippen molar-refractivity contribution >= 4 is 27.5 Å². The van der Waals surface area contributed by atoms with E-state index in [2.05, 4.69) is 5.32 Å². The third-order valence-electron chi connectivity index (χ3n) is 5.06. The summed E-state index contributed by atoms with van der Waals surface area (Å²) in [5.41, 5.74) is 0.885. The van der Waals surface area contributed by atoms with Gasteiger partial charge in [-0.25, -0.2) is 12.7 Å². The first-order valence-electron chi connectivity index (χ1n) is 10.2. The minimum atomic E-state index is -3.58. The number of rotatable bonds is 8. The van der Waals surface area contributed by atoms with Crippen LogP contribution in [0.1, 0.15) is 23.2 Å². The average Bonchev–Trinajstić information content (AvgIpc) is 2.80. The maximum absolute atomic E-state index is 12.8. The summed E-state index contributed by atoms with van der Waals surface area (Å²) >= 11 is 0. The maximum atomic E-state index is 12.8. The van der Waals surface area contributed by atoms with Gasteiger partial charge in [0.1, 0.15) is 0 Å². The van der Waals surface area contributed by atoms with Gasteiger partial charge in [-0.2, -0.15) is 0 Å². The van der Waals surface area contributed by atoms with Crippen LogP contribution in [0.4, 0.5) is 5.69 Å². The Labute approximate surface area is 182 Å². The highest BCUT2D eigenvalue weighted by Crippen LogP contribution is 2.19. The zero-order valence-electron chi connectivity index (χ0n) is 17.5. The van der Waals surface area contributed by atoms with E-state index in [-0.39, 0.29) is 29.7 Å². The van der Waals surface area contributed by atoms with E-state index in [0.29, 0.717) is 44.0 Å². The highest BCUT2D eigenvalue weighted by Gasteiger charge is 2.22. The molecule has 166 valence electrons. The van der Waals surface area contributed by atoms with Gasteiger partial charge in [0.2, 0.25) is 15.9 Å². The van der Waals surface area contributed by atoms with Gasteiger partial charge < -0.3 is 15.0 Å². The number of hydrogen-bond donors (Lipinski definition) is 1. The number of nitrogens with one attached hydrogen (secondary N) is 1. The SMILES string of the molecule is CN(CCCC(=O)Nc1ccccc1C(=O)N1CCOCC1)S(=O)(=O)c1ccccc1. The Morgan fingerprint density at radius 1 is 1.03 bits per heavy atom. The van der Waals surface area contributed by atoms with Crippen LogP contribution in [-0.4, -0.2) is 69.3 Å². The minimum absolute atomic E-state index is 0.134. The Bertz CT molecular complexity index is 1000. The topological polar surface area (TPSA) is 96.0 Å². The molecule has 1 saturated heterocycles. The largest absolute Gasteiger partial charge is 0.378 e. The molecule has 2 aromatic carbocycles. The molecule has 1 N–H and O–H groups in total. The lowest BCUT2D eigenvalue weighted by atomic mass is 10.1. The van der Waals surface area contributed by atoms with Crippen LogP contribution in [0.5, 0.6) is 0 Å². The standard InChI is InChI=1S/C22H27N3O5S/c1-24(31(28,29)18-8-3-2-4-9-18)13-7-12-21(26)23-20-11-6-5-10-19(20)22(27)25-14-16-30-17-15-25/h2-6,8-11H,7,12-17H2,1H3,(H,23,26). The van der Waals surface area contributed by atoms with Gasteiger partial charge in [-0.1, -0.05) is 30.3 Å². The molecule has 31 heavy (non-hydrogen) atoms. The van der Waals surface area contributed by atoms with Crippen LogP contribution in [0.3, 0.4) is 0 Å². The molecular weight excluding hydrogens is 418 g/mol. The fourth-order valence-corrected chi connectivity index (χ4v) is 4.51. The van der Waals surface area contributed by atoms with E-state index in [1.54, 1.807) is 59.5 Å². The minimum Gasteiger partial charge on any atom is -0.378 e. The zero-order chi connectivity index (χ0) is 22.3. The lowest BCUT2D eigenvalue weighted by Gasteiger charge is -2.27. The summed E-state index contributed by atoms with van der Waals surface area (Å²) in [6.07, 6.45) is 0.489. The molecule has 1 aliphatic heterocycles. The van der Waals surface area contributed by atoms with Crippen LogP contribution in [0.2, 0.25) is 0 Å². The molecule has 1 aliphatic rings. The van der Waals surface area contributed by atoms with Crippen LogP contribution in [0, 0.1) is 0 Å². The first kappa shape index (κ1) is 22.9. The number of ether oxygens (including phenoxy) is 1. The van der Waals surface area contributed by atoms with Crippen molar-refractivity contribution < 1.29 is 22.7 Å². The summed E-state index contributed by atoms with van der Waals surface area (Å²) in [5, 5.41) is 2.79. The molecule has 0 bridgehead atoms. The Balaban J connectivity index is 1.55. The fourth-order valence-electron chi connectivity index (χ4n) is 3.28. The van der Waals surface area contributed by atoms with Crippen molar-refractivity contribution in [3.05, 3.63) is 60.2 Å². The number of carbonyl (C=O) groups excluding carboxylic acids is 2. The molecule has 2 aromatic rings. The summed E-state index contributed by atoms with van der Waals surface area (Å²) < 4.78 is 31.6. The normalized spacial score (nSPS) is 14.5. The van der Waals surface area contributed by atoms with E-state index in [9.17, 15) is 18.0 Å². The molecule has 8 nitrogen and oxygen atoms in total. The zero-order valence-corrected chi connectivity index (χ0v) is 18.3. The van der Waals surface area contributed by atoms with E-state index in [0.717, 1.165) is 0 Å². The number of anilines is 1. The number of benzene rings is 2. The molecule has 0 spiro atoms. The van der Waals surface area contributed by atoms with Crippen LogP contribution in [0.25, 0.3) is 0 Å². The molecule has 0 unspecified atom stereocenters. The van der Waals surface area contributed by atoms with Crippen molar-refractivity contribution in [2.45, 2.75) is 17.7 Å². The van der Waals surface area contributed by atoms with E-state index in [1.807, 2.05) is 0 Å². The average molecular weight is 446 g/mol. The molecule has 0 radical (unpaired) electrons. The van der Waals surface area contributed by atoms with E-state index < -0.39 is 10.0 Å². The summed E-state index contributed by atoms with van der Waals surface area (Å²) in [4.78, 5) is 27.2. The highest BCUT2D eigenvalue weighted by molar-refractivity contribution is 7.89. The molecule has 3 rings (SSSR count). The van der Waals surface area contributed by atoms with E-state index in [4.69, 9.17) is 4.74 Å². The predicted molar refractivity (Wildman–Crippen MR) is 117 cm³/mol. The van der Waals surface area contributed by atoms with Crippen LogP contribution >= 0.6 is 0 Å². The number of para-hydroxylation sites is 1. The summed E-state index contributed by atoms with van der Waals surface area (Å²) in [7, 11) is -2.09. The van der Waals surface area contributed by atoms with E-state index in [1.165, 1.54) is 11.4 Å². The van der Waals surface area contributed by atoms with Crippen LogP contribution in [0.15, 0.2) is 59.5 Å². The van der Waals surface area contributed by atoms with Gasteiger partial charge in [-0.15, -0.1) is 0 Å². The Morgan fingerprint density at radius 3 is 2.39 bits per heavy atom. The van der Waals surface area contributed by atoms with Gasteiger partial charge in [-0.05, 0) is 30.7 Å². The summed E-state index contributed by atoms with van der Waals surface area (Å²) in [6, 6.07) is 15.1. The molecule has 0 aromatic heterocycles. The Hall–Kier alpha value is -2.75. The maximum Gasteiger partial charge on any atom is 0.256 e. The van der Waals surface area contributed by atoms with Gasteiger partial charge in [0.15, 0.2) is 0 Å². The molecular formula is C22H27N3O5S. The molecule has 0 aliphatic carbocycles. The third kappa shape index (κ3) is 5.90. The quantitative estimate of drug-likeness (QED) is 0.672. The van der Waals surface area contributed by atoms with Crippen LogP contribution in [-0.2, 0) is 19.6 Å². The van der Waals surface area contributed by atoms with Crippen molar-refractivity contribution in [3.63, 3.8) is 0 Å². The van der Waals surface area contributed by atoms with Gasteiger partial charge in [0.25, 0.3) is 5.91 Å². The van der Waals surface area contributed by atoms with Gasteiger partial charge in [0, 0.05) is 33.1 Å². The fraction of sp³-hybridized carbons (Fsp3) is 0.364. The molecule has 0 atom stereocenters. The second kappa shape index (κ2) is 10.5. The molecule has 1 heterocycles. The first-order valence-corrected chi connectivity index (χ1v) is 11.6. The summed E-state index contributed by atoms with van der Waals surface area (Å²) in [5.74, 6) is -0.416. The van der Waals surface area contributed by atoms with Gasteiger partial charge >= 0.3 is 0 Å². The van der Waals surface area contributed by atoms with Crippen molar-refractivity contribution in [2.75, 3.05) is 45.2 Å². The number of carbonyl (C=O) groups is 2. The van der Waals surface area contributed by atoms with E-state index >= 15 is 0 Å². The molecule has 1 fully saturated rings. The lowest BCUT2D eigenvalue weighted by Crippen LogP contribution is -2.41. The molecule has 0 saturated carbocycles. The van der Waals surface area contributed by atoms with Gasteiger partial charge in [-0.3, -0.25) is 9.59 Å². The number of sulfonamides is 1. The summed E-state index contributed by atoms with van der Waals surface area (Å²) in [6.45, 7) is 2.24. The molecule has 9 heteroatoms. The smallest absolute Gasteiger partial charge is 0.256 e. The number of hydrogen-bond acceptors (Lipinski definition) is 5.